The Morgan fingerprint density at radius 2 is 1.12 bits per heavy atom. The lowest BCUT2D eigenvalue weighted by Crippen LogP contribution is -2.17. The van der Waals surface area contributed by atoms with Gasteiger partial charge in [0.1, 0.15) is 17.5 Å². The molecule has 0 amide bonds. The maximum Gasteiger partial charge on any atom is 0.137 e. The maximum absolute atomic E-state index is 13.9. The van der Waals surface area contributed by atoms with Gasteiger partial charge in [-0.05, 0) is 101 Å². The predicted octanol–water partition coefficient (Wildman–Crippen LogP) is 10.6. The molecule has 6 heteroatoms. The van der Waals surface area contributed by atoms with Gasteiger partial charge < -0.3 is 0 Å². The zero-order chi connectivity index (χ0) is 29.6. The van der Waals surface area contributed by atoms with Crippen molar-refractivity contribution in [2.45, 2.75) is 19.3 Å². The fourth-order valence-corrected chi connectivity index (χ4v) is 6.51. The van der Waals surface area contributed by atoms with Crippen LogP contribution >= 0.6 is 15.9 Å². The molecule has 0 atom stereocenters. The van der Waals surface area contributed by atoms with Crippen molar-refractivity contribution in [3.05, 3.63) is 155 Å². The van der Waals surface area contributed by atoms with E-state index in [9.17, 15) is 4.39 Å². The molecule has 0 aliphatic heterocycles. The predicted molar refractivity (Wildman–Crippen MR) is 177 cm³/mol. The largest absolute Gasteiger partial charge is 0.295 e. The summed E-state index contributed by atoms with van der Waals surface area (Å²) in [5.74, 6) is 1.23. The van der Waals surface area contributed by atoms with Gasteiger partial charge in [-0.15, -0.1) is 0 Å². The third kappa shape index (κ3) is 4.88. The molecule has 43 heavy (non-hydrogen) atoms. The first-order valence-corrected chi connectivity index (χ1v) is 14.9. The van der Waals surface area contributed by atoms with E-state index in [1.165, 1.54) is 34.4 Å². The van der Waals surface area contributed by atoms with Crippen LogP contribution in [0.5, 0.6) is 0 Å². The highest BCUT2D eigenvalue weighted by Gasteiger charge is 2.35. The van der Waals surface area contributed by atoms with Gasteiger partial charge in [0.2, 0.25) is 0 Å². The minimum Gasteiger partial charge on any atom is -0.295 e. The lowest BCUT2D eigenvalue weighted by atomic mass is 9.82. The van der Waals surface area contributed by atoms with Gasteiger partial charge in [0.15, 0.2) is 0 Å². The van der Waals surface area contributed by atoms with E-state index in [1.807, 2.05) is 53.6 Å². The Hall–Kier alpha value is -4.81. The topological polar surface area (TPSA) is 32.3 Å². The van der Waals surface area contributed by atoms with Gasteiger partial charge in [0, 0.05) is 33.7 Å². The summed E-state index contributed by atoms with van der Waals surface area (Å²) in [5.41, 5.74) is 8.61. The van der Waals surface area contributed by atoms with Crippen LogP contribution in [0.3, 0.4) is 0 Å². The minimum atomic E-state index is -0.289. The van der Waals surface area contributed by atoms with Crippen molar-refractivity contribution in [1.29, 1.82) is 0 Å². The standard InChI is InChI=1S/C37H28BrFN4/c1-37(2)33-10-4-3-9-31(33)32-18-17-28(24-34(32)37)43(36-12-6-8-20-41-36)30-22-25(38)21-29(23-30)42(35-11-5-7-19-40-35)27-15-13-26(39)14-16-27/h3-24H,1-2H3. The molecule has 0 unspecified atom stereocenters. The molecule has 0 radical (unpaired) electrons. The lowest BCUT2D eigenvalue weighted by molar-refractivity contribution is 0.628. The minimum absolute atomic E-state index is 0.140. The molecule has 0 N–H and O–H groups in total. The van der Waals surface area contributed by atoms with Gasteiger partial charge in [-0.1, -0.05) is 72.2 Å². The van der Waals surface area contributed by atoms with Crippen molar-refractivity contribution in [2.75, 3.05) is 9.80 Å². The molecule has 4 nitrogen and oxygen atoms in total. The molecule has 210 valence electrons. The number of aromatic nitrogens is 2. The van der Waals surface area contributed by atoms with E-state index in [4.69, 9.17) is 4.98 Å². The van der Waals surface area contributed by atoms with Crippen LogP contribution in [0.25, 0.3) is 11.1 Å². The van der Waals surface area contributed by atoms with E-state index < -0.39 is 0 Å². The molecule has 0 bridgehead atoms. The van der Waals surface area contributed by atoms with E-state index in [0.29, 0.717) is 0 Å². The Kier molecular flexibility index (Phi) is 6.79. The normalized spacial score (nSPS) is 12.8. The van der Waals surface area contributed by atoms with Crippen molar-refractivity contribution >= 4 is 50.3 Å². The van der Waals surface area contributed by atoms with E-state index in [2.05, 4.69) is 94.3 Å². The quantitative estimate of drug-likeness (QED) is 0.184. The van der Waals surface area contributed by atoms with Crippen LogP contribution in [-0.2, 0) is 5.41 Å². The van der Waals surface area contributed by atoms with Crippen molar-refractivity contribution in [1.82, 2.24) is 9.97 Å². The van der Waals surface area contributed by atoms with Crippen LogP contribution in [0, 0.1) is 5.82 Å². The summed E-state index contributed by atoms with van der Waals surface area (Å²) in [6.45, 7) is 4.58. The number of nitrogens with zero attached hydrogens (tertiary/aromatic N) is 4. The highest BCUT2D eigenvalue weighted by molar-refractivity contribution is 9.10. The number of hydrogen-bond donors (Lipinski definition) is 0. The Labute approximate surface area is 259 Å². The summed E-state index contributed by atoms with van der Waals surface area (Å²) < 4.78 is 14.8. The van der Waals surface area contributed by atoms with Gasteiger partial charge in [-0.3, -0.25) is 9.80 Å². The molecule has 6 aromatic rings. The van der Waals surface area contributed by atoms with E-state index in [-0.39, 0.29) is 11.2 Å². The third-order valence-electron chi connectivity index (χ3n) is 8.05. The summed E-state index contributed by atoms with van der Waals surface area (Å²) >= 11 is 3.78. The number of benzene rings is 4. The first kappa shape index (κ1) is 27.0. The third-order valence-corrected chi connectivity index (χ3v) is 8.51. The summed E-state index contributed by atoms with van der Waals surface area (Å²) in [5, 5.41) is 0. The molecule has 0 saturated carbocycles. The number of fused-ring (bicyclic) bond motifs is 3. The molecule has 2 aromatic heterocycles. The van der Waals surface area contributed by atoms with Crippen LogP contribution in [0.4, 0.5) is 38.8 Å². The molecule has 0 spiro atoms. The molecular weight excluding hydrogens is 599 g/mol. The molecule has 1 aliphatic carbocycles. The zero-order valence-corrected chi connectivity index (χ0v) is 25.3. The Morgan fingerprint density at radius 3 is 1.74 bits per heavy atom. The van der Waals surface area contributed by atoms with Crippen LogP contribution in [0.2, 0.25) is 0 Å². The van der Waals surface area contributed by atoms with Crippen molar-refractivity contribution in [3.63, 3.8) is 0 Å². The Balaban J connectivity index is 1.41. The van der Waals surface area contributed by atoms with Gasteiger partial charge in [-0.25, -0.2) is 14.4 Å². The summed E-state index contributed by atoms with van der Waals surface area (Å²) in [4.78, 5) is 13.6. The van der Waals surface area contributed by atoms with E-state index in [0.717, 1.165) is 38.9 Å². The zero-order valence-electron chi connectivity index (χ0n) is 23.7. The maximum atomic E-state index is 13.9. The van der Waals surface area contributed by atoms with Crippen molar-refractivity contribution in [3.8, 4) is 11.1 Å². The van der Waals surface area contributed by atoms with Crippen molar-refractivity contribution in [2.24, 2.45) is 0 Å². The lowest BCUT2D eigenvalue weighted by Gasteiger charge is -2.29. The summed E-state index contributed by atoms with van der Waals surface area (Å²) in [6, 6.07) is 39.8. The Morgan fingerprint density at radius 1 is 0.558 bits per heavy atom. The highest BCUT2D eigenvalue weighted by Crippen LogP contribution is 2.50. The highest BCUT2D eigenvalue weighted by atomic mass is 79.9. The van der Waals surface area contributed by atoms with E-state index in [1.54, 1.807) is 18.3 Å². The van der Waals surface area contributed by atoms with Crippen LogP contribution in [-0.4, -0.2) is 9.97 Å². The summed E-state index contributed by atoms with van der Waals surface area (Å²) in [7, 11) is 0. The van der Waals surface area contributed by atoms with Gasteiger partial charge >= 0.3 is 0 Å². The fourth-order valence-electron chi connectivity index (χ4n) is 6.04. The number of anilines is 6. The average molecular weight is 628 g/mol. The first-order valence-electron chi connectivity index (χ1n) is 14.1. The van der Waals surface area contributed by atoms with Crippen molar-refractivity contribution < 1.29 is 4.39 Å². The van der Waals surface area contributed by atoms with Crippen LogP contribution in [0.1, 0.15) is 25.0 Å². The van der Waals surface area contributed by atoms with E-state index >= 15 is 0 Å². The molecule has 0 fully saturated rings. The Bertz CT molecular complexity index is 1930. The summed E-state index contributed by atoms with van der Waals surface area (Å²) in [6.07, 6.45) is 3.57. The number of pyridine rings is 2. The molecule has 1 aliphatic rings. The second kappa shape index (κ2) is 10.8. The number of halogens is 2. The van der Waals surface area contributed by atoms with Gasteiger partial charge in [-0.2, -0.15) is 0 Å². The SMILES string of the molecule is CC1(C)c2ccccc2-c2ccc(N(c3cc(Br)cc(N(c4ccc(F)cc4)c4ccccn4)c3)c3ccccn3)cc21. The number of hydrogen-bond acceptors (Lipinski definition) is 4. The second-order valence-corrected chi connectivity index (χ2v) is 12.0. The second-order valence-electron chi connectivity index (χ2n) is 11.1. The molecular formula is C37H28BrFN4. The molecule has 2 heterocycles. The molecule has 0 saturated heterocycles. The average Bonchev–Trinajstić information content (AvgIpc) is 3.25. The molecule has 4 aromatic carbocycles. The first-order chi connectivity index (χ1) is 20.9. The fraction of sp³-hybridized carbons (Fsp3) is 0.0811. The van der Waals surface area contributed by atoms with Gasteiger partial charge in [0.05, 0.1) is 11.4 Å². The van der Waals surface area contributed by atoms with Crippen LogP contribution in [0.15, 0.2) is 138 Å². The van der Waals surface area contributed by atoms with Gasteiger partial charge in [0.25, 0.3) is 0 Å². The smallest absolute Gasteiger partial charge is 0.137 e. The number of rotatable bonds is 6. The monoisotopic (exact) mass is 626 g/mol. The molecule has 7 rings (SSSR count). The van der Waals surface area contributed by atoms with Crippen LogP contribution < -0.4 is 9.80 Å².